The molecule has 0 saturated carbocycles. The number of fused-ring (bicyclic) bond motifs is 1. The smallest absolute Gasteiger partial charge is 0.269 e. The highest BCUT2D eigenvalue weighted by Gasteiger charge is 2.22. The van der Waals surface area contributed by atoms with E-state index in [1.165, 1.54) is 5.69 Å². The molecule has 0 bridgehead atoms. The summed E-state index contributed by atoms with van der Waals surface area (Å²) in [5, 5.41) is 3.51. The third kappa shape index (κ3) is 4.50. The van der Waals surface area contributed by atoms with Gasteiger partial charge in [-0.1, -0.05) is 30.3 Å². The van der Waals surface area contributed by atoms with Gasteiger partial charge in [0.2, 0.25) is 0 Å². The van der Waals surface area contributed by atoms with Crippen LogP contribution in [-0.2, 0) is 4.74 Å². The van der Waals surface area contributed by atoms with Gasteiger partial charge in [0.05, 0.1) is 24.8 Å². The lowest BCUT2D eigenvalue weighted by molar-refractivity contribution is -0.00521. The average Bonchev–Trinajstić information content (AvgIpc) is 2.91. The maximum absolute atomic E-state index is 11.9. The Hall–Kier alpha value is -3.97. The van der Waals surface area contributed by atoms with Gasteiger partial charge in [-0.2, -0.15) is 0 Å². The van der Waals surface area contributed by atoms with Gasteiger partial charge in [0.25, 0.3) is 5.91 Å². The minimum atomic E-state index is -0.215. The second-order valence-corrected chi connectivity index (χ2v) is 9.13. The molecular formula is C29H30N4O3. The average molecular weight is 483 g/mol. The first kappa shape index (κ1) is 23.8. The normalized spacial score (nSPS) is 17.7. The number of rotatable bonds is 5. The van der Waals surface area contributed by atoms with Crippen LogP contribution < -0.4 is 15.0 Å². The Bertz CT molecular complexity index is 1380. The van der Waals surface area contributed by atoms with Crippen molar-refractivity contribution >= 4 is 22.5 Å². The molecule has 3 heterocycles. The molecule has 1 aliphatic rings. The van der Waals surface area contributed by atoms with Crippen LogP contribution in [0.4, 0.5) is 5.69 Å². The van der Waals surface area contributed by atoms with Crippen molar-refractivity contribution in [1.82, 2.24) is 15.3 Å². The third-order valence-corrected chi connectivity index (χ3v) is 6.55. The summed E-state index contributed by atoms with van der Waals surface area (Å²) >= 11 is 0. The van der Waals surface area contributed by atoms with Crippen molar-refractivity contribution in [1.29, 1.82) is 0 Å². The number of pyridine rings is 2. The number of hydrogen-bond donors (Lipinski definition) is 1. The first-order chi connectivity index (χ1) is 17.5. The van der Waals surface area contributed by atoms with Crippen molar-refractivity contribution < 1.29 is 14.3 Å². The molecule has 2 aromatic carbocycles. The molecule has 7 nitrogen and oxygen atoms in total. The van der Waals surface area contributed by atoms with E-state index in [9.17, 15) is 4.79 Å². The fourth-order valence-corrected chi connectivity index (χ4v) is 4.91. The second kappa shape index (κ2) is 9.95. The van der Waals surface area contributed by atoms with E-state index in [1.54, 1.807) is 26.4 Å². The third-order valence-electron chi connectivity index (χ3n) is 6.55. The van der Waals surface area contributed by atoms with Crippen LogP contribution in [0.15, 0.2) is 67.0 Å². The van der Waals surface area contributed by atoms with Gasteiger partial charge in [-0.25, -0.2) is 0 Å². The number of nitrogens with zero attached hydrogens (tertiary/aromatic N) is 3. The van der Waals surface area contributed by atoms with Crippen molar-refractivity contribution in [3.8, 4) is 28.0 Å². The SMILES string of the molecule is CNC(=O)c1ccc(-c2cccc3c(OC)c(-c4ccc(N5C[C@@H](C)O[C@@H](C)C5)cc4)cnc23)cn1. The van der Waals surface area contributed by atoms with Crippen molar-refractivity contribution in [3.05, 3.63) is 72.7 Å². The zero-order chi connectivity index (χ0) is 25.2. The number of morpholine rings is 1. The number of carbonyl (C=O) groups excluding carboxylic acids is 1. The standard InChI is InChI=1S/C29H30N4O3/c1-18-16-33(17-19(2)36-18)22-11-8-20(9-12-22)25-15-32-27-23(6-5-7-24(27)28(25)35-4)21-10-13-26(31-14-21)29(34)30-3/h5-15,18-19H,16-17H2,1-4H3,(H,30,34)/t18-,19+. The van der Waals surface area contributed by atoms with Gasteiger partial charge in [0, 0.05) is 60.3 Å². The predicted molar refractivity (Wildman–Crippen MR) is 143 cm³/mol. The van der Waals surface area contributed by atoms with Crippen LogP contribution >= 0.6 is 0 Å². The molecule has 5 rings (SSSR count). The monoisotopic (exact) mass is 482 g/mol. The Balaban J connectivity index is 1.50. The topological polar surface area (TPSA) is 76.6 Å². The Morgan fingerprint density at radius 2 is 1.67 bits per heavy atom. The fourth-order valence-electron chi connectivity index (χ4n) is 4.91. The van der Waals surface area contributed by atoms with Gasteiger partial charge >= 0.3 is 0 Å². The zero-order valence-electron chi connectivity index (χ0n) is 21.0. The van der Waals surface area contributed by atoms with Crippen molar-refractivity contribution in [2.75, 3.05) is 32.1 Å². The molecule has 4 aromatic rings. The van der Waals surface area contributed by atoms with E-state index in [1.807, 2.05) is 30.5 Å². The minimum Gasteiger partial charge on any atom is -0.495 e. The molecule has 0 radical (unpaired) electrons. The Kier molecular flexibility index (Phi) is 6.57. The van der Waals surface area contributed by atoms with Crippen LogP contribution in [0.2, 0.25) is 0 Å². The van der Waals surface area contributed by atoms with Crippen molar-refractivity contribution in [2.45, 2.75) is 26.1 Å². The van der Waals surface area contributed by atoms with E-state index < -0.39 is 0 Å². The molecule has 2 atom stereocenters. The Morgan fingerprint density at radius 1 is 0.944 bits per heavy atom. The maximum atomic E-state index is 11.9. The van der Waals surface area contributed by atoms with Crippen molar-refractivity contribution in [2.24, 2.45) is 0 Å². The molecule has 0 spiro atoms. The summed E-state index contributed by atoms with van der Waals surface area (Å²) in [6, 6.07) is 18.2. The highest BCUT2D eigenvalue weighted by atomic mass is 16.5. The number of nitrogens with one attached hydrogen (secondary N) is 1. The van der Waals surface area contributed by atoms with Gasteiger partial charge in [-0.05, 0) is 43.7 Å². The summed E-state index contributed by atoms with van der Waals surface area (Å²) < 4.78 is 11.8. The number of methoxy groups -OCH3 is 1. The number of aromatic nitrogens is 2. The largest absolute Gasteiger partial charge is 0.495 e. The minimum absolute atomic E-state index is 0.211. The summed E-state index contributed by atoms with van der Waals surface area (Å²) in [5.74, 6) is 0.561. The molecule has 1 amide bonds. The lowest BCUT2D eigenvalue weighted by Crippen LogP contribution is -2.45. The molecule has 2 aromatic heterocycles. The van der Waals surface area contributed by atoms with E-state index >= 15 is 0 Å². The van der Waals surface area contributed by atoms with Gasteiger partial charge in [-0.3, -0.25) is 14.8 Å². The van der Waals surface area contributed by atoms with Crippen LogP contribution in [0.3, 0.4) is 0 Å². The summed E-state index contributed by atoms with van der Waals surface area (Å²) in [5.41, 5.74) is 6.17. The molecule has 0 unspecified atom stereocenters. The van der Waals surface area contributed by atoms with E-state index in [0.29, 0.717) is 5.69 Å². The quantitative estimate of drug-likeness (QED) is 0.434. The first-order valence-electron chi connectivity index (χ1n) is 12.1. The van der Waals surface area contributed by atoms with Crippen LogP contribution in [0.1, 0.15) is 24.3 Å². The molecule has 7 heteroatoms. The number of ether oxygens (including phenoxy) is 2. The first-order valence-corrected chi connectivity index (χ1v) is 12.1. The van der Waals surface area contributed by atoms with Crippen LogP contribution in [0, 0.1) is 0 Å². The van der Waals surface area contributed by atoms with Crippen molar-refractivity contribution in [3.63, 3.8) is 0 Å². The predicted octanol–water partition coefficient (Wildman–Crippen LogP) is 4.95. The van der Waals surface area contributed by atoms with E-state index in [4.69, 9.17) is 14.5 Å². The molecule has 36 heavy (non-hydrogen) atoms. The molecule has 1 saturated heterocycles. The molecule has 184 valence electrons. The molecule has 1 N–H and O–H groups in total. The number of carbonyl (C=O) groups is 1. The van der Waals surface area contributed by atoms with Crippen LogP contribution in [-0.4, -0.2) is 55.3 Å². The number of hydrogen-bond acceptors (Lipinski definition) is 6. The van der Waals surface area contributed by atoms with Gasteiger partial charge in [0.1, 0.15) is 11.4 Å². The van der Waals surface area contributed by atoms with Gasteiger partial charge in [0.15, 0.2) is 0 Å². The molecule has 1 aliphatic heterocycles. The summed E-state index contributed by atoms with van der Waals surface area (Å²) in [7, 11) is 3.28. The zero-order valence-corrected chi connectivity index (χ0v) is 21.0. The van der Waals surface area contributed by atoms with E-state index in [-0.39, 0.29) is 18.1 Å². The number of benzene rings is 2. The summed E-state index contributed by atoms with van der Waals surface area (Å²) in [4.78, 5) is 23.4. The second-order valence-electron chi connectivity index (χ2n) is 9.13. The molecular weight excluding hydrogens is 452 g/mol. The van der Waals surface area contributed by atoms with E-state index in [0.717, 1.165) is 52.0 Å². The number of amides is 1. The highest BCUT2D eigenvalue weighted by molar-refractivity contribution is 6.00. The Labute approximate surface area is 211 Å². The fraction of sp³-hybridized carbons (Fsp3) is 0.276. The Morgan fingerprint density at radius 3 is 2.31 bits per heavy atom. The summed E-state index contributed by atoms with van der Waals surface area (Å²) in [6.45, 7) is 5.99. The number of anilines is 1. The van der Waals surface area contributed by atoms with Gasteiger partial charge < -0.3 is 19.7 Å². The lowest BCUT2D eigenvalue weighted by Gasteiger charge is -2.36. The van der Waals surface area contributed by atoms with Crippen LogP contribution in [0.5, 0.6) is 5.75 Å². The summed E-state index contributed by atoms with van der Waals surface area (Å²) in [6.07, 6.45) is 3.99. The van der Waals surface area contributed by atoms with Crippen LogP contribution in [0.25, 0.3) is 33.2 Å². The van der Waals surface area contributed by atoms with Gasteiger partial charge in [-0.15, -0.1) is 0 Å². The lowest BCUT2D eigenvalue weighted by atomic mass is 9.99. The maximum Gasteiger partial charge on any atom is 0.269 e. The van der Waals surface area contributed by atoms with E-state index in [2.05, 4.69) is 53.3 Å². The number of para-hydroxylation sites is 1. The molecule has 0 aliphatic carbocycles. The molecule has 1 fully saturated rings. The highest BCUT2D eigenvalue weighted by Crippen LogP contribution is 2.39.